The van der Waals surface area contributed by atoms with E-state index in [0.29, 0.717) is 21.7 Å². The van der Waals surface area contributed by atoms with Gasteiger partial charge in [-0.15, -0.1) is 0 Å². The zero-order valence-corrected chi connectivity index (χ0v) is 22.2. The molecule has 0 radical (unpaired) electrons. The molecular weight excluding hydrogens is 396 g/mol. The molecule has 0 atom stereocenters. The quantitative estimate of drug-likeness (QED) is 0.381. The van der Waals surface area contributed by atoms with Crippen LogP contribution in [0, 0.1) is 0 Å². The molecule has 0 N–H and O–H groups in total. The summed E-state index contributed by atoms with van der Waals surface area (Å²) in [6.45, 7) is 14.1. The molecule has 0 unspecified atom stereocenters. The SMILES string of the molecule is CC(C)(C)c1cccc2c1CCCC21CC1.CC(C)(C)c1cccc2c1CCCC21CCC1. The van der Waals surface area contributed by atoms with Gasteiger partial charge >= 0.3 is 0 Å². The number of rotatable bonds is 0. The summed E-state index contributed by atoms with van der Waals surface area (Å²) >= 11 is 0. The van der Waals surface area contributed by atoms with Crippen molar-refractivity contribution in [1.82, 2.24) is 0 Å². The highest BCUT2D eigenvalue weighted by molar-refractivity contribution is 5.48. The van der Waals surface area contributed by atoms with Gasteiger partial charge in [0.05, 0.1) is 0 Å². The molecule has 4 aliphatic rings. The van der Waals surface area contributed by atoms with Crippen LogP contribution in [0.2, 0.25) is 0 Å². The van der Waals surface area contributed by atoms with E-state index in [4.69, 9.17) is 0 Å². The third kappa shape index (κ3) is 4.11. The Morgan fingerprint density at radius 2 is 0.909 bits per heavy atom. The van der Waals surface area contributed by atoms with Crippen LogP contribution >= 0.6 is 0 Å². The minimum Gasteiger partial charge on any atom is -0.0617 e. The van der Waals surface area contributed by atoms with Crippen LogP contribution in [-0.2, 0) is 34.5 Å². The second-order valence-corrected chi connectivity index (χ2v) is 13.8. The molecule has 2 spiro atoms. The maximum atomic E-state index is 2.42. The molecule has 0 heterocycles. The first-order valence-corrected chi connectivity index (χ1v) is 13.8. The lowest BCUT2D eigenvalue weighted by Crippen LogP contribution is -2.38. The van der Waals surface area contributed by atoms with Crippen molar-refractivity contribution in [2.75, 3.05) is 0 Å². The van der Waals surface area contributed by atoms with Gasteiger partial charge in [0, 0.05) is 0 Å². The Labute approximate surface area is 203 Å². The van der Waals surface area contributed by atoms with Crippen LogP contribution in [0.4, 0.5) is 0 Å². The maximum absolute atomic E-state index is 2.42. The molecule has 178 valence electrons. The zero-order chi connectivity index (χ0) is 23.5. The molecule has 0 aliphatic heterocycles. The van der Waals surface area contributed by atoms with Crippen LogP contribution in [0.3, 0.4) is 0 Å². The van der Waals surface area contributed by atoms with Crippen molar-refractivity contribution in [3.63, 3.8) is 0 Å². The van der Waals surface area contributed by atoms with Crippen LogP contribution in [0.15, 0.2) is 36.4 Å². The topological polar surface area (TPSA) is 0 Å². The van der Waals surface area contributed by atoms with Crippen molar-refractivity contribution in [3.8, 4) is 0 Å². The molecule has 0 aromatic heterocycles. The van der Waals surface area contributed by atoms with Crippen molar-refractivity contribution >= 4 is 0 Å². The summed E-state index contributed by atoms with van der Waals surface area (Å²) in [7, 11) is 0. The zero-order valence-electron chi connectivity index (χ0n) is 22.2. The number of hydrogen-bond donors (Lipinski definition) is 0. The van der Waals surface area contributed by atoms with Crippen molar-refractivity contribution < 1.29 is 0 Å². The van der Waals surface area contributed by atoms with E-state index >= 15 is 0 Å². The van der Waals surface area contributed by atoms with Crippen molar-refractivity contribution in [2.24, 2.45) is 0 Å². The van der Waals surface area contributed by atoms with Gasteiger partial charge in [0.25, 0.3) is 0 Å². The van der Waals surface area contributed by atoms with E-state index in [1.807, 2.05) is 0 Å². The lowest BCUT2D eigenvalue weighted by atomic mass is 9.57. The van der Waals surface area contributed by atoms with E-state index in [0.717, 1.165) is 0 Å². The van der Waals surface area contributed by atoms with Crippen LogP contribution in [0.25, 0.3) is 0 Å². The molecule has 0 amide bonds. The molecule has 33 heavy (non-hydrogen) atoms. The molecule has 2 saturated carbocycles. The summed E-state index contributed by atoms with van der Waals surface area (Å²) in [5.74, 6) is 0. The second kappa shape index (κ2) is 8.00. The standard InChI is InChI=1S/C17H24.C16H22/c1-16(2,3)14-8-4-9-15-13(14)7-5-10-17(15)11-6-12-17;1-15(2,3)13-7-4-8-14-12(13)6-5-9-16(14)10-11-16/h4,8-9H,5-7,10-12H2,1-3H3;4,7-8H,5-6,9-11H2,1-3H3. The van der Waals surface area contributed by atoms with Gasteiger partial charge in [-0.3, -0.25) is 0 Å². The number of benzene rings is 2. The highest BCUT2D eigenvalue weighted by Gasteiger charge is 2.47. The van der Waals surface area contributed by atoms with Gasteiger partial charge in [-0.2, -0.15) is 0 Å². The Morgan fingerprint density at radius 3 is 1.24 bits per heavy atom. The van der Waals surface area contributed by atoms with E-state index < -0.39 is 0 Å². The molecule has 2 aromatic carbocycles. The maximum Gasteiger partial charge on any atom is -0.00434 e. The van der Waals surface area contributed by atoms with Crippen LogP contribution < -0.4 is 0 Å². The monoisotopic (exact) mass is 442 g/mol. The van der Waals surface area contributed by atoms with E-state index in [2.05, 4.69) is 77.9 Å². The summed E-state index contributed by atoms with van der Waals surface area (Å²) < 4.78 is 0. The number of hydrogen-bond acceptors (Lipinski definition) is 0. The summed E-state index contributed by atoms with van der Waals surface area (Å²) in [6.07, 6.45) is 15.5. The van der Waals surface area contributed by atoms with Gasteiger partial charge in [0.2, 0.25) is 0 Å². The normalized spacial score (nSPS) is 22.0. The van der Waals surface area contributed by atoms with Crippen molar-refractivity contribution in [1.29, 1.82) is 0 Å². The third-order valence-electron chi connectivity index (χ3n) is 9.44. The fraction of sp³-hybridized carbons (Fsp3) is 0.636. The van der Waals surface area contributed by atoms with E-state index in [-0.39, 0.29) is 0 Å². The smallest absolute Gasteiger partial charge is 0.00434 e. The first kappa shape index (κ1) is 23.2. The largest absolute Gasteiger partial charge is 0.0617 e. The van der Waals surface area contributed by atoms with E-state index in [9.17, 15) is 0 Å². The van der Waals surface area contributed by atoms with Crippen LogP contribution in [0.5, 0.6) is 0 Å². The van der Waals surface area contributed by atoms with Gasteiger partial charge in [-0.25, -0.2) is 0 Å². The molecular formula is C33H46. The Morgan fingerprint density at radius 1 is 0.515 bits per heavy atom. The second-order valence-electron chi connectivity index (χ2n) is 13.8. The lowest BCUT2D eigenvalue weighted by Gasteiger charge is -2.47. The fourth-order valence-corrected chi connectivity index (χ4v) is 7.38. The molecule has 6 rings (SSSR count). The van der Waals surface area contributed by atoms with Gasteiger partial charge in [-0.05, 0) is 119 Å². The van der Waals surface area contributed by atoms with E-state index in [1.54, 1.807) is 33.4 Å². The summed E-state index contributed by atoms with van der Waals surface area (Å²) in [5, 5.41) is 0. The minimum absolute atomic E-state index is 0.299. The Kier molecular flexibility index (Phi) is 5.62. The van der Waals surface area contributed by atoms with E-state index in [1.165, 1.54) is 70.6 Å². The minimum atomic E-state index is 0.299. The first-order valence-electron chi connectivity index (χ1n) is 13.8. The third-order valence-corrected chi connectivity index (χ3v) is 9.44. The molecule has 0 nitrogen and oxygen atoms in total. The highest BCUT2D eigenvalue weighted by atomic mass is 14.5. The molecule has 4 aliphatic carbocycles. The number of fused-ring (bicyclic) bond motifs is 4. The fourth-order valence-electron chi connectivity index (χ4n) is 7.38. The predicted molar refractivity (Wildman–Crippen MR) is 143 cm³/mol. The van der Waals surface area contributed by atoms with Gasteiger partial charge in [-0.1, -0.05) is 84.4 Å². The Bertz CT molecular complexity index is 1000. The summed E-state index contributed by atoms with van der Waals surface area (Å²) in [5.41, 5.74) is 11.8. The Hall–Kier alpha value is -1.56. The average molecular weight is 443 g/mol. The lowest BCUT2D eigenvalue weighted by molar-refractivity contribution is 0.208. The predicted octanol–water partition coefficient (Wildman–Crippen LogP) is 9.09. The van der Waals surface area contributed by atoms with Gasteiger partial charge < -0.3 is 0 Å². The molecule has 2 aromatic rings. The van der Waals surface area contributed by atoms with Gasteiger partial charge in [0.15, 0.2) is 0 Å². The Balaban J connectivity index is 0.000000139. The van der Waals surface area contributed by atoms with Crippen molar-refractivity contribution in [3.05, 3.63) is 69.8 Å². The molecule has 2 fully saturated rings. The average Bonchev–Trinajstić information content (AvgIpc) is 3.50. The van der Waals surface area contributed by atoms with Crippen LogP contribution in [-0.4, -0.2) is 0 Å². The summed E-state index contributed by atoms with van der Waals surface area (Å²) in [4.78, 5) is 0. The molecule has 0 heteroatoms. The molecule has 0 saturated heterocycles. The molecule has 0 bridgehead atoms. The van der Waals surface area contributed by atoms with Crippen molar-refractivity contribution in [2.45, 2.75) is 134 Å². The highest BCUT2D eigenvalue weighted by Crippen LogP contribution is 2.56. The van der Waals surface area contributed by atoms with Gasteiger partial charge in [0.1, 0.15) is 0 Å². The summed E-state index contributed by atoms with van der Waals surface area (Å²) in [6, 6.07) is 14.1. The van der Waals surface area contributed by atoms with Crippen LogP contribution in [0.1, 0.15) is 133 Å². The first-order chi connectivity index (χ1) is 15.6.